The summed E-state index contributed by atoms with van der Waals surface area (Å²) in [6.07, 6.45) is 1.21. The van der Waals surface area contributed by atoms with Gasteiger partial charge in [0.1, 0.15) is 0 Å². The van der Waals surface area contributed by atoms with Crippen LogP contribution in [0.2, 0.25) is 0 Å². The van der Waals surface area contributed by atoms with Crippen molar-refractivity contribution >= 4 is 16.5 Å². The van der Waals surface area contributed by atoms with E-state index in [0.717, 1.165) is 6.54 Å². The first-order chi connectivity index (χ1) is 9.17. The van der Waals surface area contributed by atoms with Crippen LogP contribution in [0.15, 0.2) is 36.4 Å². The molecule has 2 N–H and O–H groups in total. The van der Waals surface area contributed by atoms with E-state index in [4.69, 9.17) is 5.73 Å². The molecule has 0 spiro atoms. The molecule has 0 aromatic heterocycles. The number of anilines is 1. The summed E-state index contributed by atoms with van der Waals surface area (Å²) in [5.41, 5.74) is 8.35. The number of fused-ring (bicyclic) bond motifs is 1. The van der Waals surface area contributed by atoms with E-state index in [9.17, 15) is 0 Å². The van der Waals surface area contributed by atoms with E-state index >= 15 is 0 Å². The standard InChI is InChI=1S/C17H24N2/c1-4-13(2)12-19(3)17-10-9-14(11-18)15-7-5-6-8-16(15)17/h5-10,13H,4,11-12,18H2,1-3H3. The molecule has 0 bridgehead atoms. The molecule has 19 heavy (non-hydrogen) atoms. The molecule has 1 unspecified atom stereocenters. The van der Waals surface area contributed by atoms with Gasteiger partial charge in [0.05, 0.1) is 0 Å². The van der Waals surface area contributed by atoms with Gasteiger partial charge in [-0.15, -0.1) is 0 Å². The van der Waals surface area contributed by atoms with Crippen LogP contribution in [-0.4, -0.2) is 13.6 Å². The number of hydrogen-bond donors (Lipinski definition) is 1. The SMILES string of the molecule is CCC(C)CN(C)c1ccc(CN)c2ccccc12. The zero-order chi connectivity index (χ0) is 13.8. The zero-order valence-electron chi connectivity index (χ0n) is 12.2. The van der Waals surface area contributed by atoms with Crippen LogP contribution in [0.3, 0.4) is 0 Å². The number of benzene rings is 2. The topological polar surface area (TPSA) is 29.3 Å². The van der Waals surface area contributed by atoms with Gasteiger partial charge in [0.15, 0.2) is 0 Å². The first-order valence-electron chi connectivity index (χ1n) is 7.09. The fraction of sp³-hybridized carbons (Fsp3) is 0.412. The van der Waals surface area contributed by atoms with E-state index in [1.54, 1.807) is 0 Å². The lowest BCUT2D eigenvalue weighted by molar-refractivity contribution is 0.560. The minimum Gasteiger partial charge on any atom is -0.374 e. The van der Waals surface area contributed by atoms with E-state index in [2.05, 4.69) is 62.2 Å². The van der Waals surface area contributed by atoms with Gasteiger partial charge in [-0.2, -0.15) is 0 Å². The molecule has 0 saturated heterocycles. The van der Waals surface area contributed by atoms with Gasteiger partial charge in [0, 0.05) is 31.2 Å². The summed E-state index contributed by atoms with van der Waals surface area (Å²) in [6, 6.07) is 12.9. The highest BCUT2D eigenvalue weighted by molar-refractivity contribution is 5.96. The van der Waals surface area contributed by atoms with Crippen molar-refractivity contribution < 1.29 is 0 Å². The Hall–Kier alpha value is -1.54. The normalized spacial score (nSPS) is 12.6. The number of nitrogens with two attached hydrogens (primary N) is 1. The predicted octanol–water partition coefficient (Wildman–Crippen LogP) is 3.78. The van der Waals surface area contributed by atoms with Crippen molar-refractivity contribution in [3.05, 3.63) is 42.0 Å². The molecule has 0 radical (unpaired) electrons. The van der Waals surface area contributed by atoms with Gasteiger partial charge in [0.25, 0.3) is 0 Å². The van der Waals surface area contributed by atoms with Gasteiger partial charge in [0.2, 0.25) is 0 Å². The Morgan fingerprint density at radius 1 is 1.11 bits per heavy atom. The van der Waals surface area contributed by atoms with Gasteiger partial charge < -0.3 is 10.6 Å². The van der Waals surface area contributed by atoms with Crippen molar-refractivity contribution in [2.75, 3.05) is 18.5 Å². The molecule has 0 aliphatic carbocycles. The molecule has 0 amide bonds. The largest absolute Gasteiger partial charge is 0.374 e. The van der Waals surface area contributed by atoms with Crippen LogP contribution in [0.1, 0.15) is 25.8 Å². The van der Waals surface area contributed by atoms with Crippen LogP contribution in [0, 0.1) is 5.92 Å². The lowest BCUT2D eigenvalue weighted by atomic mass is 10.0. The van der Waals surface area contributed by atoms with Crippen LogP contribution in [0.25, 0.3) is 10.8 Å². The highest BCUT2D eigenvalue weighted by atomic mass is 15.1. The average molecular weight is 256 g/mol. The molecule has 0 fully saturated rings. The molecule has 0 heterocycles. The molecule has 0 aliphatic rings. The van der Waals surface area contributed by atoms with Crippen LogP contribution >= 0.6 is 0 Å². The fourth-order valence-electron chi connectivity index (χ4n) is 2.55. The van der Waals surface area contributed by atoms with Crippen LogP contribution in [-0.2, 0) is 6.54 Å². The maximum absolute atomic E-state index is 5.83. The molecular formula is C17H24N2. The van der Waals surface area contributed by atoms with Crippen LogP contribution in [0.4, 0.5) is 5.69 Å². The second-order valence-electron chi connectivity index (χ2n) is 5.39. The molecule has 2 aromatic rings. The number of rotatable bonds is 5. The molecular weight excluding hydrogens is 232 g/mol. The summed E-state index contributed by atoms with van der Waals surface area (Å²) in [7, 11) is 2.18. The van der Waals surface area contributed by atoms with E-state index in [1.807, 2.05) is 0 Å². The summed E-state index contributed by atoms with van der Waals surface area (Å²) in [5.74, 6) is 0.706. The summed E-state index contributed by atoms with van der Waals surface area (Å²) < 4.78 is 0. The summed E-state index contributed by atoms with van der Waals surface area (Å²) in [6.45, 7) is 6.22. The maximum Gasteiger partial charge on any atom is 0.0443 e. The van der Waals surface area contributed by atoms with E-state index in [1.165, 1.54) is 28.4 Å². The van der Waals surface area contributed by atoms with Crippen molar-refractivity contribution in [2.45, 2.75) is 26.8 Å². The maximum atomic E-state index is 5.83. The Kier molecular flexibility index (Phi) is 4.43. The van der Waals surface area contributed by atoms with Gasteiger partial charge in [-0.3, -0.25) is 0 Å². The quantitative estimate of drug-likeness (QED) is 0.882. The van der Waals surface area contributed by atoms with E-state index < -0.39 is 0 Å². The van der Waals surface area contributed by atoms with Crippen molar-refractivity contribution in [1.82, 2.24) is 0 Å². The molecule has 102 valence electrons. The first kappa shape index (κ1) is 13.9. The minimum absolute atomic E-state index is 0.593. The second-order valence-corrected chi connectivity index (χ2v) is 5.39. The zero-order valence-corrected chi connectivity index (χ0v) is 12.2. The number of hydrogen-bond acceptors (Lipinski definition) is 2. The second kappa shape index (κ2) is 6.07. The van der Waals surface area contributed by atoms with Gasteiger partial charge in [-0.1, -0.05) is 50.6 Å². The Morgan fingerprint density at radius 3 is 2.42 bits per heavy atom. The van der Waals surface area contributed by atoms with Crippen molar-refractivity contribution in [1.29, 1.82) is 0 Å². The molecule has 2 heteroatoms. The lowest BCUT2D eigenvalue weighted by Gasteiger charge is -2.25. The summed E-state index contributed by atoms with van der Waals surface area (Å²) in [4.78, 5) is 2.36. The summed E-state index contributed by atoms with van der Waals surface area (Å²) in [5, 5.41) is 2.58. The van der Waals surface area contributed by atoms with Crippen molar-refractivity contribution in [2.24, 2.45) is 11.7 Å². The molecule has 0 aliphatic heterocycles. The molecule has 2 aromatic carbocycles. The van der Waals surface area contributed by atoms with Gasteiger partial charge in [-0.25, -0.2) is 0 Å². The highest BCUT2D eigenvalue weighted by Crippen LogP contribution is 2.29. The van der Waals surface area contributed by atoms with Gasteiger partial charge >= 0.3 is 0 Å². The molecule has 2 nitrogen and oxygen atoms in total. The third-order valence-electron chi connectivity index (χ3n) is 3.90. The number of nitrogens with zero attached hydrogens (tertiary/aromatic N) is 1. The van der Waals surface area contributed by atoms with Crippen molar-refractivity contribution in [3.8, 4) is 0 Å². The highest BCUT2D eigenvalue weighted by Gasteiger charge is 2.10. The van der Waals surface area contributed by atoms with Crippen LogP contribution < -0.4 is 10.6 Å². The van der Waals surface area contributed by atoms with E-state index in [-0.39, 0.29) is 0 Å². The van der Waals surface area contributed by atoms with Crippen molar-refractivity contribution in [3.63, 3.8) is 0 Å². The Morgan fingerprint density at radius 2 is 1.79 bits per heavy atom. The average Bonchev–Trinajstić information content (AvgIpc) is 2.45. The summed E-state index contributed by atoms with van der Waals surface area (Å²) >= 11 is 0. The van der Waals surface area contributed by atoms with Gasteiger partial charge in [-0.05, 0) is 22.9 Å². The van der Waals surface area contributed by atoms with Crippen LogP contribution in [0.5, 0.6) is 0 Å². The smallest absolute Gasteiger partial charge is 0.0443 e. The first-order valence-corrected chi connectivity index (χ1v) is 7.09. The fourth-order valence-corrected chi connectivity index (χ4v) is 2.55. The monoisotopic (exact) mass is 256 g/mol. The Bertz CT molecular complexity index is 548. The van der Waals surface area contributed by atoms with E-state index in [0.29, 0.717) is 12.5 Å². The lowest BCUT2D eigenvalue weighted by Crippen LogP contribution is -2.23. The third kappa shape index (κ3) is 2.90. The minimum atomic E-state index is 0.593. The Balaban J connectivity index is 2.44. The third-order valence-corrected chi connectivity index (χ3v) is 3.90. The molecule has 2 rings (SSSR count). The Labute approximate surface area is 116 Å². The molecule has 0 saturated carbocycles. The molecule has 1 atom stereocenters. The predicted molar refractivity (Wildman–Crippen MR) is 84.6 cm³/mol.